The normalized spacial score (nSPS) is 16.3. The van der Waals surface area contributed by atoms with E-state index < -0.39 is 11.7 Å². The van der Waals surface area contributed by atoms with Crippen LogP contribution in [0, 0.1) is 0 Å². The number of piperazine rings is 1. The quantitative estimate of drug-likeness (QED) is 0.619. The number of hydrogen-bond acceptors (Lipinski definition) is 5. The van der Waals surface area contributed by atoms with E-state index >= 15 is 0 Å². The van der Waals surface area contributed by atoms with Crippen LogP contribution in [0.5, 0.6) is 0 Å². The van der Waals surface area contributed by atoms with Crippen molar-refractivity contribution in [2.45, 2.75) is 19.1 Å². The molecule has 0 aliphatic carbocycles. The molecular formula is C22H21F3N4O2. The average molecular weight is 430 g/mol. The van der Waals surface area contributed by atoms with Gasteiger partial charge in [0.2, 0.25) is 11.7 Å². The van der Waals surface area contributed by atoms with Gasteiger partial charge in [-0.25, -0.2) is 0 Å². The highest BCUT2D eigenvalue weighted by Gasteiger charge is 2.31. The van der Waals surface area contributed by atoms with Gasteiger partial charge in [0.1, 0.15) is 0 Å². The van der Waals surface area contributed by atoms with Crippen LogP contribution in [-0.2, 0) is 6.18 Å². The molecule has 2 aromatic carbocycles. The number of amides is 1. The molecule has 9 heteroatoms. The summed E-state index contributed by atoms with van der Waals surface area (Å²) < 4.78 is 44.2. The van der Waals surface area contributed by atoms with E-state index in [0.29, 0.717) is 37.6 Å². The number of aromatic nitrogens is 2. The number of nitrogens with zero attached hydrogens (tertiary/aromatic N) is 4. The Morgan fingerprint density at radius 3 is 2.42 bits per heavy atom. The van der Waals surface area contributed by atoms with Gasteiger partial charge in [-0.15, -0.1) is 0 Å². The zero-order valence-electron chi connectivity index (χ0n) is 16.8. The summed E-state index contributed by atoms with van der Waals surface area (Å²) in [7, 11) is 0. The summed E-state index contributed by atoms with van der Waals surface area (Å²) in [6.07, 6.45) is -4.44. The molecule has 1 saturated heterocycles. The summed E-state index contributed by atoms with van der Waals surface area (Å²) >= 11 is 0. The Morgan fingerprint density at radius 2 is 1.74 bits per heavy atom. The van der Waals surface area contributed by atoms with Gasteiger partial charge < -0.3 is 9.42 Å². The minimum atomic E-state index is -4.44. The van der Waals surface area contributed by atoms with Crippen LogP contribution >= 0.6 is 0 Å². The number of carbonyl (C=O) groups is 1. The van der Waals surface area contributed by atoms with Gasteiger partial charge in [0.05, 0.1) is 11.6 Å². The minimum absolute atomic E-state index is 0.00229. The molecule has 0 bridgehead atoms. The van der Waals surface area contributed by atoms with Crippen molar-refractivity contribution >= 4 is 5.91 Å². The predicted octanol–water partition coefficient (Wildman–Crippen LogP) is 4.27. The van der Waals surface area contributed by atoms with Gasteiger partial charge in [-0.1, -0.05) is 35.5 Å². The highest BCUT2D eigenvalue weighted by atomic mass is 19.4. The Labute approximate surface area is 177 Å². The standard InChI is InChI=1S/C22H21F3N4O2/c1-15(28-10-12-29(13-11-28)21(30)16-6-3-2-4-7-16)20-26-19(27-31-20)17-8-5-9-18(14-17)22(23,24)25/h2-9,14-15H,10-13H2,1H3. The third-order valence-electron chi connectivity index (χ3n) is 5.42. The Balaban J connectivity index is 1.41. The maximum atomic E-state index is 13.0. The lowest BCUT2D eigenvalue weighted by molar-refractivity contribution is -0.137. The smallest absolute Gasteiger partial charge is 0.337 e. The van der Waals surface area contributed by atoms with Crippen molar-refractivity contribution in [3.63, 3.8) is 0 Å². The molecule has 1 unspecified atom stereocenters. The largest absolute Gasteiger partial charge is 0.416 e. The molecule has 1 aliphatic rings. The summed E-state index contributed by atoms with van der Waals surface area (Å²) in [5.41, 5.74) is 0.144. The predicted molar refractivity (Wildman–Crippen MR) is 107 cm³/mol. The lowest BCUT2D eigenvalue weighted by Gasteiger charge is -2.36. The molecule has 1 aliphatic heterocycles. The van der Waals surface area contributed by atoms with Crippen molar-refractivity contribution in [3.05, 3.63) is 71.6 Å². The molecule has 1 fully saturated rings. The number of alkyl halides is 3. The minimum Gasteiger partial charge on any atom is -0.337 e. The molecule has 1 amide bonds. The summed E-state index contributed by atoms with van der Waals surface area (Å²) in [5, 5.41) is 3.86. The molecule has 6 nitrogen and oxygen atoms in total. The molecule has 0 saturated carbocycles. The lowest BCUT2D eigenvalue weighted by atomic mass is 10.1. The second-order valence-corrected chi connectivity index (χ2v) is 7.40. The van der Waals surface area contributed by atoms with Crippen LogP contribution < -0.4 is 0 Å². The van der Waals surface area contributed by atoms with Gasteiger partial charge in [-0.3, -0.25) is 9.69 Å². The van der Waals surface area contributed by atoms with Crippen molar-refractivity contribution in [2.24, 2.45) is 0 Å². The van der Waals surface area contributed by atoms with E-state index in [1.54, 1.807) is 17.0 Å². The Morgan fingerprint density at radius 1 is 1.03 bits per heavy atom. The molecular weight excluding hydrogens is 409 g/mol. The summed E-state index contributed by atoms with van der Waals surface area (Å²) in [6.45, 7) is 4.28. The topological polar surface area (TPSA) is 62.5 Å². The number of carbonyl (C=O) groups excluding carboxylic acids is 1. The molecule has 3 aromatic rings. The molecule has 2 heterocycles. The SMILES string of the molecule is CC(c1nc(-c2cccc(C(F)(F)F)c2)no1)N1CCN(C(=O)c2ccccc2)CC1. The first-order valence-electron chi connectivity index (χ1n) is 9.92. The number of rotatable bonds is 4. The maximum Gasteiger partial charge on any atom is 0.416 e. The van der Waals surface area contributed by atoms with Crippen molar-refractivity contribution in [1.82, 2.24) is 19.9 Å². The van der Waals surface area contributed by atoms with E-state index in [2.05, 4.69) is 15.0 Å². The average Bonchev–Trinajstić information content (AvgIpc) is 3.29. The number of halogens is 3. The van der Waals surface area contributed by atoms with E-state index in [1.807, 2.05) is 25.1 Å². The van der Waals surface area contributed by atoms with Crippen LogP contribution in [0.2, 0.25) is 0 Å². The molecule has 1 aromatic heterocycles. The maximum absolute atomic E-state index is 13.0. The van der Waals surface area contributed by atoms with Gasteiger partial charge >= 0.3 is 6.18 Å². The van der Waals surface area contributed by atoms with Gasteiger partial charge in [0.25, 0.3) is 5.91 Å². The van der Waals surface area contributed by atoms with E-state index in [1.165, 1.54) is 12.1 Å². The van der Waals surface area contributed by atoms with Gasteiger partial charge in [0.15, 0.2) is 0 Å². The van der Waals surface area contributed by atoms with Crippen LogP contribution in [0.3, 0.4) is 0 Å². The van der Waals surface area contributed by atoms with Crippen molar-refractivity contribution < 1.29 is 22.5 Å². The second kappa shape index (κ2) is 8.50. The van der Waals surface area contributed by atoms with Crippen molar-refractivity contribution in [3.8, 4) is 11.4 Å². The van der Waals surface area contributed by atoms with Crippen LogP contribution in [0.4, 0.5) is 13.2 Å². The van der Waals surface area contributed by atoms with Gasteiger partial charge in [0, 0.05) is 37.3 Å². The van der Waals surface area contributed by atoms with Crippen LogP contribution in [0.15, 0.2) is 59.1 Å². The Hall–Kier alpha value is -3.20. The van der Waals surface area contributed by atoms with E-state index in [9.17, 15) is 18.0 Å². The number of benzene rings is 2. The zero-order chi connectivity index (χ0) is 22.0. The fourth-order valence-corrected chi connectivity index (χ4v) is 3.59. The van der Waals surface area contributed by atoms with Gasteiger partial charge in [-0.2, -0.15) is 18.2 Å². The molecule has 4 rings (SSSR count). The van der Waals surface area contributed by atoms with E-state index in [0.717, 1.165) is 12.1 Å². The summed E-state index contributed by atoms with van der Waals surface area (Å²) in [5.74, 6) is 0.443. The Kier molecular flexibility index (Phi) is 5.77. The van der Waals surface area contributed by atoms with Crippen LogP contribution in [-0.4, -0.2) is 52.0 Å². The molecule has 0 N–H and O–H groups in total. The van der Waals surface area contributed by atoms with Gasteiger partial charge in [-0.05, 0) is 31.2 Å². The van der Waals surface area contributed by atoms with E-state index in [4.69, 9.17) is 4.52 Å². The highest BCUT2D eigenvalue weighted by Crippen LogP contribution is 2.32. The van der Waals surface area contributed by atoms with E-state index in [-0.39, 0.29) is 23.3 Å². The second-order valence-electron chi connectivity index (χ2n) is 7.40. The van der Waals surface area contributed by atoms with Crippen molar-refractivity contribution in [1.29, 1.82) is 0 Å². The first-order chi connectivity index (χ1) is 14.8. The fourth-order valence-electron chi connectivity index (χ4n) is 3.59. The number of hydrogen-bond donors (Lipinski definition) is 0. The fraction of sp³-hybridized carbons (Fsp3) is 0.318. The first kappa shape index (κ1) is 21.0. The third-order valence-corrected chi connectivity index (χ3v) is 5.42. The molecule has 1 atom stereocenters. The lowest BCUT2D eigenvalue weighted by Crippen LogP contribution is -2.49. The summed E-state index contributed by atoms with van der Waals surface area (Å²) in [6, 6.07) is 13.8. The molecule has 31 heavy (non-hydrogen) atoms. The molecule has 0 radical (unpaired) electrons. The van der Waals surface area contributed by atoms with Crippen LogP contribution in [0.25, 0.3) is 11.4 Å². The highest BCUT2D eigenvalue weighted by molar-refractivity contribution is 5.94. The first-order valence-corrected chi connectivity index (χ1v) is 9.92. The van der Waals surface area contributed by atoms with Crippen molar-refractivity contribution in [2.75, 3.05) is 26.2 Å². The zero-order valence-corrected chi connectivity index (χ0v) is 16.8. The molecule has 162 valence electrons. The Bertz CT molecular complexity index is 1040. The third kappa shape index (κ3) is 4.61. The molecule has 0 spiro atoms. The van der Waals surface area contributed by atoms with Crippen LogP contribution in [0.1, 0.15) is 34.8 Å². The summed E-state index contributed by atoms with van der Waals surface area (Å²) in [4.78, 5) is 20.8. The monoisotopic (exact) mass is 430 g/mol.